The fourth-order valence-electron chi connectivity index (χ4n) is 2.02. The molecule has 0 aliphatic rings. The number of nitrogens with zero attached hydrogens (tertiary/aromatic N) is 2. The van der Waals surface area contributed by atoms with Crippen LogP contribution in [0.15, 0.2) is 50.9 Å². The average molecular weight is 299 g/mol. The smallest absolute Gasteiger partial charge is 0.224 e. The highest BCUT2D eigenvalue weighted by molar-refractivity contribution is 7.99. The van der Waals surface area contributed by atoms with E-state index in [0.717, 1.165) is 39.6 Å². The van der Waals surface area contributed by atoms with Crippen molar-refractivity contribution in [3.8, 4) is 0 Å². The van der Waals surface area contributed by atoms with Gasteiger partial charge in [-0.05, 0) is 25.5 Å². The molecule has 4 nitrogen and oxygen atoms in total. The number of aromatic nitrogens is 2. The maximum Gasteiger partial charge on any atom is 0.224 e. The average Bonchev–Trinajstić information content (AvgIpc) is 2.90. The first kappa shape index (κ1) is 13.9. The molecule has 0 bridgehead atoms. The number of hydrogen-bond donors (Lipinski definition) is 1. The Morgan fingerprint density at radius 3 is 2.81 bits per heavy atom. The normalized spacial score (nSPS) is 11.0. The quantitative estimate of drug-likeness (QED) is 0.703. The zero-order chi connectivity index (χ0) is 14.7. The lowest BCUT2D eigenvalue weighted by Gasteiger charge is -2.09. The molecular weight excluding hydrogens is 282 g/mol. The number of furan rings is 1. The van der Waals surface area contributed by atoms with Gasteiger partial charge in [0.1, 0.15) is 10.8 Å². The van der Waals surface area contributed by atoms with Crippen molar-refractivity contribution in [2.75, 3.05) is 11.9 Å². The summed E-state index contributed by atoms with van der Waals surface area (Å²) in [6.07, 6.45) is 2.75. The van der Waals surface area contributed by atoms with Gasteiger partial charge in [-0.3, -0.25) is 0 Å². The Bertz CT molecular complexity index is 754. The lowest BCUT2D eigenvalue weighted by atomic mass is 10.2. The zero-order valence-electron chi connectivity index (χ0n) is 12.1. The Morgan fingerprint density at radius 2 is 2.05 bits per heavy atom. The van der Waals surface area contributed by atoms with Crippen molar-refractivity contribution in [3.63, 3.8) is 0 Å². The molecule has 2 heterocycles. The van der Waals surface area contributed by atoms with E-state index in [2.05, 4.69) is 28.3 Å². The van der Waals surface area contributed by atoms with Crippen molar-refractivity contribution in [2.45, 2.75) is 30.2 Å². The van der Waals surface area contributed by atoms with E-state index in [4.69, 9.17) is 4.42 Å². The van der Waals surface area contributed by atoms with Gasteiger partial charge in [0.15, 0.2) is 0 Å². The van der Waals surface area contributed by atoms with E-state index in [0.29, 0.717) is 5.95 Å². The molecule has 3 rings (SSSR count). The zero-order valence-corrected chi connectivity index (χ0v) is 12.9. The standard InChI is InChI=1S/C16H17N3OS/c1-3-9-17-16-18-13-7-5-4-6-12(13)15(19-16)21-14-8-10-20-11(14)2/h4-8,10H,3,9H2,1-2H3,(H,17,18,19). The Balaban J connectivity index is 2.04. The Hall–Kier alpha value is -2.01. The minimum Gasteiger partial charge on any atom is -0.468 e. The van der Waals surface area contributed by atoms with E-state index in [-0.39, 0.29) is 0 Å². The molecule has 21 heavy (non-hydrogen) atoms. The van der Waals surface area contributed by atoms with Crippen LogP contribution in [0.25, 0.3) is 10.9 Å². The van der Waals surface area contributed by atoms with Crippen molar-refractivity contribution in [2.24, 2.45) is 0 Å². The second kappa shape index (κ2) is 6.18. The highest BCUT2D eigenvalue weighted by atomic mass is 32.2. The lowest BCUT2D eigenvalue weighted by molar-refractivity contribution is 0.527. The van der Waals surface area contributed by atoms with Crippen LogP contribution >= 0.6 is 11.8 Å². The van der Waals surface area contributed by atoms with Crippen LogP contribution in [0.1, 0.15) is 19.1 Å². The van der Waals surface area contributed by atoms with Gasteiger partial charge < -0.3 is 9.73 Å². The van der Waals surface area contributed by atoms with Crippen molar-refractivity contribution in [1.82, 2.24) is 9.97 Å². The summed E-state index contributed by atoms with van der Waals surface area (Å²) in [5, 5.41) is 5.27. The fourth-order valence-corrected chi connectivity index (χ4v) is 2.96. The third-order valence-corrected chi connectivity index (χ3v) is 4.27. The van der Waals surface area contributed by atoms with Gasteiger partial charge in [-0.25, -0.2) is 9.97 Å². The lowest BCUT2D eigenvalue weighted by Crippen LogP contribution is -2.05. The summed E-state index contributed by atoms with van der Waals surface area (Å²) in [6, 6.07) is 10.0. The van der Waals surface area contributed by atoms with Gasteiger partial charge in [0.2, 0.25) is 5.95 Å². The molecule has 0 saturated carbocycles. The summed E-state index contributed by atoms with van der Waals surface area (Å²) in [6.45, 7) is 4.95. The molecule has 5 heteroatoms. The molecule has 3 aromatic rings. The van der Waals surface area contributed by atoms with Gasteiger partial charge in [0, 0.05) is 11.9 Å². The summed E-state index contributed by atoms with van der Waals surface area (Å²) >= 11 is 1.61. The van der Waals surface area contributed by atoms with Crippen molar-refractivity contribution in [1.29, 1.82) is 0 Å². The molecule has 1 N–H and O–H groups in total. The van der Waals surface area contributed by atoms with E-state index < -0.39 is 0 Å². The molecule has 0 spiro atoms. The second-order valence-corrected chi connectivity index (χ2v) is 5.77. The van der Waals surface area contributed by atoms with Crippen LogP contribution in [0, 0.1) is 6.92 Å². The number of nitrogens with one attached hydrogen (secondary N) is 1. The predicted molar refractivity (Wildman–Crippen MR) is 85.9 cm³/mol. The number of fused-ring (bicyclic) bond motifs is 1. The molecule has 108 valence electrons. The topological polar surface area (TPSA) is 51.0 Å². The van der Waals surface area contributed by atoms with Crippen LogP contribution in [0.3, 0.4) is 0 Å². The summed E-state index contributed by atoms with van der Waals surface area (Å²) < 4.78 is 5.36. The molecule has 0 aliphatic carbocycles. The highest BCUT2D eigenvalue weighted by Crippen LogP contribution is 2.34. The molecule has 2 aromatic heterocycles. The minimum absolute atomic E-state index is 0.680. The molecule has 0 fully saturated rings. The van der Waals surface area contributed by atoms with Crippen LogP contribution < -0.4 is 5.32 Å². The maximum atomic E-state index is 5.36. The summed E-state index contributed by atoms with van der Waals surface area (Å²) in [4.78, 5) is 10.3. The summed E-state index contributed by atoms with van der Waals surface area (Å²) in [7, 11) is 0. The first-order chi connectivity index (χ1) is 10.3. The maximum absolute atomic E-state index is 5.36. The van der Waals surface area contributed by atoms with Crippen LogP contribution in [-0.4, -0.2) is 16.5 Å². The number of aryl methyl sites for hydroxylation is 1. The minimum atomic E-state index is 0.680. The van der Waals surface area contributed by atoms with Gasteiger partial charge >= 0.3 is 0 Å². The monoisotopic (exact) mass is 299 g/mol. The number of benzene rings is 1. The SMILES string of the molecule is CCCNc1nc(Sc2ccoc2C)c2ccccc2n1. The van der Waals surface area contributed by atoms with Gasteiger partial charge in [-0.2, -0.15) is 0 Å². The first-order valence-corrected chi connectivity index (χ1v) is 7.82. The molecule has 1 aromatic carbocycles. The molecule has 0 unspecified atom stereocenters. The van der Waals surface area contributed by atoms with E-state index >= 15 is 0 Å². The summed E-state index contributed by atoms with van der Waals surface area (Å²) in [5.74, 6) is 1.59. The summed E-state index contributed by atoms with van der Waals surface area (Å²) in [5.41, 5.74) is 0.953. The van der Waals surface area contributed by atoms with E-state index in [1.165, 1.54) is 0 Å². The van der Waals surface area contributed by atoms with Crippen LogP contribution in [-0.2, 0) is 0 Å². The van der Waals surface area contributed by atoms with Gasteiger partial charge in [-0.15, -0.1) is 0 Å². The third kappa shape index (κ3) is 3.03. The highest BCUT2D eigenvalue weighted by Gasteiger charge is 2.11. The Labute approximate surface area is 128 Å². The largest absolute Gasteiger partial charge is 0.468 e. The molecule has 0 saturated heterocycles. The van der Waals surface area contributed by atoms with Crippen LogP contribution in [0.2, 0.25) is 0 Å². The second-order valence-electron chi connectivity index (χ2n) is 4.74. The van der Waals surface area contributed by atoms with E-state index in [9.17, 15) is 0 Å². The molecular formula is C16H17N3OS. The third-order valence-electron chi connectivity index (χ3n) is 3.12. The van der Waals surface area contributed by atoms with Crippen molar-refractivity contribution in [3.05, 3.63) is 42.4 Å². The van der Waals surface area contributed by atoms with Crippen LogP contribution in [0.5, 0.6) is 0 Å². The molecule has 0 aliphatic heterocycles. The predicted octanol–water partition coefficient (Wildman–Crippen LogP) is 4.50. The van der Waals surface area contributed by atoms with E-state index in [1.807, 2.05) is 31.2 Å². The molecule has 0 amide bonds. The van der Waals surface area contributed by atoms with E-state index in [1.54, 1.807) is 18.0 Å². The van der Waals surface area contributed by atoms with Crippen molar-refractivity contribution >= 4 is 28.6 Å². The van der Waals surface area contributed by atoms with Crippen molar-refractivity contribution < 1.29 is 4.42 Å². The Kier molecular flexibility index (Phi) is 4.10. The number of hydrogen-bond acceptors (Lipinski definition) is 5. The number of para-hydroxylation sites is 1. The first-order valence-electron chi connectivity index (χ1n) is 7.00. The molecule has 0 radical (unpaired) electrons. The fraction of sp³-hybridized carbons (Fsp3) is 0.250. The van der Waals surface area contributed by atoms with Crippen LogP contribution in [0.4, 0.5) is 5.95 Å². The molecule has 0 atom stereocenters. The van der Waals surface area contributed by atoms with Gasteiger partial charge in [0.25, 0.3) is 0 Å². The Morgan fingerprint density at radius 1 is 1.19 bits per heavy atom. The number of anilines is 1. The van der Waals surface area contributed by atoms with Gasteiger partial charge in [-0.1, -0.05) is 36.9 Å². The number of rotatable bonds is 5. The van der Waals surface area contributed by atoms with Gasteiger partial charge in [0.05, 0.1) is 16.7 Å².